The molecule has 4 nitrogen and oxygen atoms in total. The van der Waals surface area contributed by atoms with Crippen LogP contribution in [0.3, 0.4) is 0 Å². The summed E-state index contributed by atoms with van der Waals surface area (Å²) in [6, 6.07) is 7.56. The molecule has 0 aliphatic heterocycles. The number of thioether (sulfide) groups is 1. The van der Waals surface area contributed by atoms with Gasteiger partial charge in [0.05, 0.1) is 18.4 Å². The first-order valence-electron chi connectivity index (χ1n) is 7.90. The van der Waals surface area contributed by atoms with Gasteiger partial charge in [0.15, 0.2) is 5.16 Å². The Balaban J connectivity index is 2.05. The van der Waals surface area contributed by atoms with Gasteiger partial charge in [0.25, 0.3) is 0 Å². The molecule has 0 unspecified atom stereocenters. The van der Waals surface area contributed by atoms with E-state index in [0.29, 0.717) is 5.56 Å². The number of esters is 1. The minimum atomic E-state index is -0.300. The van der Waals surface area contributed by atoms with Crippen molar-refractivity contribution in [3.05, 3.63) is 46.8 Å². The van der Waals surface area contributed by atoms with Crippen LogP contribution in [-0.4, -0.2) is 22.6 Å². The maximum atomic E-state index is 11.4. The molecule has 0 amide bonds. The highest BCUT2D eigenvalue weighted by Crippen LogP contribution is 2.25. The van der Waals surface area contributed by atoms with Crippen molar-refractivity contribution in [1.29, 1.82) is 0 Å². The van der Waals surface area contributed by atoms with Crippen molar-refractivity contribution in [3.8, 4) is 0 Å². The Morgan fingerprint density at radius 1 is 1.26 bits per heavy atom. The zero-order valence-electron chi connectivity index (χ0n) is 14.3. The summed E-state index contributed by atoms with van der Waals surface area (Å²) >= 11 is 1.74. The quantitative estimate of drug-likeness (QED) is 0.557. The Kier molecular flexibility index (Phi) is 6.28. The molecule has 0 N–H and O–H groups in total. The fraction of sp³-hybridized carbons (Fsp3) is 0.444. The summed E-state index contributed by atoms with van der Waals surface area (Å²) in [5.74, 6) is 0.536. The molecule has 0 spiro atoms. The number of benzene rings is 1. The van der Waals surface area contributed by atoms with Crippen LogP contribution in [0.2, 0.25) is 0 Å². The summed E-state index contributed by atoms with van der Waals surface area (Å²) in [6.45, 7) is 7.42. The van der Waals surface area contributed by atoms with Crippen LogP contribution < -0.4 is 0 Å². The minimum Gasteiger partial charge on any atom is -0.465 e. The summed E-state index contributed by atoms with van der Waals surface area (Å²) in [5, 5.41) is 1.07. The molecule has 0 saturated carbocycles. The molecule has 2 rings (SSSR count). The van der Waals surface area contributed by atoms with Crippen molar-refractivity contribution in [1.82, 2.24) is 9.55 Å². The second kappa shape index (κ2) is 8.20. The second-order valence-corrected chi connectivity index (χ2v) is 6.49. The molecule has 23 heavy (non-hydrogen) atoms. The van der Waals surface area contributed by atoms with E-state index >= 15 is 0 Å². The van der Waals surface area contributed by atoms with Crippen LogP contribution in [0.15, 0.2) is 29.4 Å². The number of nitrogens with zero attached hydrogens (tertiary/aromatic N) is 2. The molecule has 2 aromatic rings. The predicted molar refractivity (Wildman–Crippen MR) is 94.0 cm³/mol. The highest BCUT2D eigenvalue weighted by Gasteiger charge is 2.11. The van der Waals surface area contributed by atoms with Crippen LogP contribution in [0, 0.1) is 13.8 Å². The van der Waals surface area contributed by atoms with Crippen LogP contribution in [0.5, 0.6) is 0 Å². The Labute approximate surface area is 142 Å². The average molecular weight is 332 g/mol. The largest absolute Gasteiger partial charge is 0.465 e. The summed E-state index contributed by atoms with van der Waals surface area (Å²) in [7, 11) is 1.40. The van der Waals surface area contributed by atoms with Crippen molar-refractivity contribution >= 4 is 17.7 Å². The number of methoxy groups -OCH3 is 1. The number of hydrogen-bond donors (Lipinski definition) is 0. The van der Waals surface area contributed by atoms with Gasteiger partial charge in [-0.05, 0) is 38.0 Å². The average Bonchev–Trinajstić information content (AvgIpc) is 2.85. The third-order valence-electron chi connectivity index (χ3n) is 3.90. The fourth-order valence-corrected chi connectivity index (χ4v) is 3.39. The van der Waals surface area contributed by atoms with Crippen LogP contribution in [0.4, 0.5) is 0 Å². The molecule has 5 heteroatoms. The van der Waals surface area contributed by atoms with E-state index in [2.05, 4.69) is 30.3 Å². The first kappa shape index (κ1) is 17.6. The van der Waals surface area contributed by atoms with Gasteiger partial charge in [-0.2, -0.15) is 0 Å². The first-order valence-corrected chi connectivity index (χ1v) is 8.89. The second-order valence-electron chi connectivity index (χ2n) is 5.55. The van der Waals surface area contributed by atoms with Gasteiger partial charge >= 0.3 is 5.97 Å². The van der Waals surface area contributed by atoms with Gasteiger partial charge in [-0.15, -0.1) is 0 Å². The van der Waals surface area contributed by atoms with E-state index in [1.165, 1.54) is 24.8 Å². The highest BCUT2D eigenvalue weighted by molar-refractivity contribution is 7.98. The summed E-state index contributed by atoms with van der Waals surface area (Å²) in [4.78, 5) is 16.1. The standard InChI is InChI=1S/C18H24N2O2S/c1-5-6-11-20-14(3)13(2)19-18(20)23-12-15-7-9-16(10-8-15)17(21)22-4/h7-10H,5-6,11-12H2,1-4H3. The molecule has 124 valence electrons. The fourth-order valence-electron chi connectivity index (χ4n) is 2.32. The summed E-state index contributed by atoms with van der Waals surface area (Å²) in [5.41, 5.74) is 4.10. The first-order chi connectivity index (χ1) is 11.1. The van der Waals surface area contributed by atoms with Gasteiger partial charge < -0.3 is 9.30 Å². The SMILES string of the molecule is CCCCn1c(SCc2ccc(C(=O)OC)cc2)nc(C)c1C. The lowest BCUT2D eigenvalue weighted by molar-refractivity contribution is 0.0600. The molecular formula is C18H24N2O2S. The molecule has 1 heterocycles. The lowest BCUT2D eigenvalue weighted by Gasteiger charge is -2.09. The summed E-state index contributed by atoms with van der Waals surface area (Å²) in [6.07, 6.45) is 2.34. The molecule has 1 aromatic carbocycles. The molecule has 0 saturated heterocycles. The maximum Gasteiger partial charge on any atom is 0.337 e. The topological polar surface area (TPSA) is 44.1 Å². The lowest BCUT2D eigenvalue weighted by Crippen LogP contribution is -2.02. The number of imidazole rings is 1. The van der Waals surface area contributed by atoms with Crippen molar-refractivity contribution in [2.45, 2.75) is 51.1 Å². The van der Waals surface area contributed by atoms with E-state index in [4.69, 9.17) is 4.74 Å². The van der Waals surface area contributed by atoms with Gasteiger partial charge in [-0.3, -0.25) is 0 Å². The summed E-state index contributed by atoms with van der Waals surface area (Å²) < 4.78 is 7.03. The lowest BCUT2D eigenvalue weighted by atomic mass is 10.1. The van der Waals surface area contributed by atoms with Crippen LogP contribution in [0.25, 0.3) is 0 Å². The zero-order valence-corrected chi connectivity index (χ0v) is 15.1. The van der Waals surface area contributed by atoms with Crippen LogP contribution >= 0.6 is 11.8 Å². The molecular weight excluding hydrogens is 308 g/mol. The van der Waals surface area contributed by atoms with Crippen molar-refractivity contribution < 1.29 is 9.53 Å². The van der Waals surface area contributed by atoms with Gasteiger partial charge in [-0.25, -0.2) is 9.78 Å². The Hall–Kier alpha value is -1.75. The van der Waals surface area contributed by atoms with E-state index < -0.39 is 0 Å². The van der Waals surface area contributed by atoms with E-state index in [1.54, 1.807) is 11.8 Å². The predicted octanol–water partition coefficient (Wildman–Crippen LogP) is 4.38. The Bertz CT molecular complexity index is 662. The molecule has 1 aromatic heterocycles. The number of aromatic nitrogens is 2. The van der Waals surface area contributed by atoms with Gasteiger partial charge in [0, 0.05) is 18.0 Å². The van der Waals surface area contributed by atoms with Crippen molar-refractivity contribution in [2.75, 3.05) is 7.11 Å². The van der Waals surface area contributed by atoms with Crippen molar-refractivity contribution in [3.63, 3.8) is 0 Å². The number of unbranched alkanes of at least 4 members (excludes halogenated alkanes) is 1. The number of carbonyl (C=O) groups is 1. The van der Waals surface area contributed by atoms with Gasteiger partial charge in [-0.1, -0.05) is 37.2 Å². The third-order valence-corrected chi connectivity index (χ3v) is 4.95. The van der Waals surface area contributed by atoms with Crippen LogP contribution in [-0.2, 0) is 17.0 Å². The third kappa shape index (κ3) is 4.38. The normalized spacial score (nSPS) is 10.8. The molecule has 0 bridgehead atoms. The van der Waals surface area contributed by atoms with E-state index in [9.17, 15) is 4.79 Å². The van der Waals surface area contributed by atoms with Crippen molar-refractivity contribution in [2.24, 2.45) is 0 Å². The number of carbonyl (C=O) groups excluding carboxylic acids is 1. The van der Waals surface area contributed by atoms with Gasteiger partial charge in [0.2, 0.25) is 0 Å². The number of rotatable bonds is 7. The van der Waals surface area contributed by atoms with E-state index in [1.807, 2.05) is 24.3 Å². The zero-order chi connectivity index (χ0) is 16.8. The monoisotopic (exact) mass is 332 g/mol. The molecule has 0 aliphatic carbocycles. The van der Waals surface area contributed by atoms with E-state index in [0.717, 1.165) is 29.6 Å². The minimum absolute atomic E-state index is 0.300. The highest BCUT2D eigenvalue weighted by atomic mass is 32.2. The maximum absolute atomic E-state index is 11.4. The molecule has 0 radical (unpaired) electrons. The van der Waals surface area contributed by atoms with Crippen LogP contribution in [0.1, 0.15) is 47.1 Å². The number of hydrogen-bond acceptors (Lipinski definition) is 4. The Morgan fingerprint density at radius 3 is 2.57 bits per heavy atom. The van der Waals surface area contributed by atoms with Gasteiger partial charge in [0.1, 0.15) is 0 Å². The molecule has 0 fully saturated rings. The smallest absolute Gasteiger partial charge is 0.337 e. The number of aryl methyl sites for hydroxylation is 1. The Morgan fingerprint density at radius 2 is 1.96 bits per heavy atom. The molecule has 0 aliphatic rings. The molecule has 0 atom stereocenters. The number of ether oxygens (including phenoxy) is 1. The van der Waals surface area contributed by atoms with E-state index in [-0.39, 0.29) is 5.97 Å².